The van der Waals surface area contributed by atoms with Crippen LogP contribution in [0.1, 0.15) is 22.3 Å². The summed E-state index contributed by atoms with van der Waals surface area (Å²) in [5, 5.41) is 14.8. The van der Waals surface area contributed by atoms with E-state index in [9.17, 15) is 14.4 Å². The molecule has 2 aromatic carbocycles. The number of aromatic nitrogens is 2. The molecule has 0 saturated heterocycles. The molecule has 1 aliphatic heterocycles. The van der Waals surface area contributed by atoms with Crippen LogP contribution in [0.3, 0.4) is 0 Å². The zero-order valence-electron chi connectivity index (χ0n) is 19.2. The lowest BCUT2D eigenvalue weighted by Crippen LogP contribution is -2.41. The second-order valence-electron chi connectivity index (χ2n) is 7.91. The van der Waals surface area contributed by atoms with Gasteiger partial charge in [0.15, 0.2) is 0 Å². The summed E-state index contributed by atoms with van der Waals surface area (Å²) in [7, 11) is 3.14. The molecule has 0 atom stereocenters. The number of anilines is 1. The van der Waals surface area contributed by atoms with Crippen molar-refractivity contribution < 1.29 is 9.53 Å². The normalized spacial score (nSPS) is 12.0. The van der Waals surface area contributed by atoms with Crippen molar-refractivity contribution in [2.75, 3.05) is 12.4 Å². The molecule has 1 aromatic heterocycles. The Bertz CT molecular complexity index is 1490. The largest absolute Gasteiger partial charge is 0.497 e. The van der Waals surface area contributed by atoms with Crippen molar-refractivity contribution in [3.05, 3.63) is 109 Å². The molecule has 1 amide bonds. The van der Waals surface area contributed by atoms with Gasteiger partial charge in [-0.1, -0.05) is 24.3 Å². The summed E-state index contributed by atoms with van der Waals surface area (Å²) in [5.74, 6) is 0.656. The highest BCUT2D eigenvalue weighted by Gasteiger charge is 2.19. The van der Waals surface area contributed by atoms with Gasteiger partial charge in [-0.15, -0.1) is 0 Å². The highest BCUT2D eigenvalue weighted by molar-refractivity contribution is 6.01. The fourth-order valence-corrected chi connectivity index (χ4v) is 3.69. The first-order valence-corrected chi connectivity index (χ1v) is 10.8. The van der Waals surface area contributed by atoms with Gasteiger partial charge < -0.3 is 15.4 Å². The molecule has 0 aliphatic carbocycles. The molecular formula is C26H23N5O4. The van der Waals surface area contributed by atoms with E-state index in [-0.39, 0.29) is 23.6 Å². The first-order chi connectivity index (χ1) is 16.9. The maximum absolute atomic E-state index is 13.3. The maximum atomic E-state index is 13.3. The number of carbonyl (C=O) groups excluding carboxylic acids is 1. The van der Waals surface area contributed by atoms with Gasteiger partial charge >= 0.3 is 5.69 Å². The summed E-state index contributed by atoms with van der Waals surface area (Å²) in [4.78, 5) is 39.1. The van der Waals surface area contributed by atoms with E-state index in [1.807, 2.05) is 30.3 Å². The van der Waals surface area contributed by atoms with Crippen LogP contribution in [0.2, 0.25) is 0 Å². The van der Waals surface area contributed by atoms with Crippen molar-refractivity contribution in [3.8, 4) is 11.8 Å². The first kappa shape index (κ1) is 23.3. The summed E-state index contributed by atoms with van der Waals surface area (Å²) in [6.07, 6.45) is 4.55. The number of benzene rings is 2. The third kappa shape index (κ3) is 4.91. The van der Waals surface area contributed by atoms with E-state index in [0.717, 1.165) is 15.9 Å². The molecule has 9 nitrogen and oxygen atoms in total. The van der Waals surface area contributed by atoms with Crippen molar-refractivity contribution in [1.29, 1.82) is 5.26 Å². The molecule has 0 bridgehead atoms. The lowest BCUT2D eigenvalue weighted by atomic mass is 10.1. The maximum Gasteiger partial charge on any atom is 0.332 e. The van der Waals surface area contributed by atoms with E-state index in [4.69, 9.17) is 10.00 Å². The van der Waals surface area contributed by atoms with Gasteiger partial charge in [0.05, 0.1) is 30.9 Å². The molecule has 0 unspecified atom stereocenters. The Balaban J connectivity index is 1.63. The number of methoxy groups -OCH3 is 1. The van der Waals surface area contributed by atoms with E-state index in [1.54, 1.807) is 44.5 Å². The fourth-order valence-electron chi connectivity index (χ4n) is 3.69. The van der Waals surface area contributed by atoms with E-state index in [1.165, 1.54) is 16.8 Å². The Kier molecular flexibility index (Phi) is 6.64. The van der Waals surface area contributed by atoms with Gasteiger partial charge in [0, 0.05) is 25.4 Å². The Morgan fingerprint density at radius 3 is 2.43 bits per heavy atom. The molecular weight excluding hydrogens is 446 g/mol. The molecule has 4 rings (SSSR count). The molecule has 1 aliphatic rings. The minimum atomic E-state index is -0.524. The Labute approximate surface area is 201 Å². The number of rotatable bonds is 6. The van der Waals surface area contributed by atoms with Crippen molar-refractivity contribution in [3.63, 3.8) is 0 Å². The van der Waals surface area contributed by atoms with Gasteiger partial charge in [-0.2, -0.15) is 5.26 Å². The number of ether oxygens (including phenoxy) is 1. The highest BCUT2D eigenvalue weighted by Crippen LogP contribution is 2.18. The predicted octanol–water partition coefficient (Wildman–Crippen LogP) is 2.11. The van der Waals surface area contributed by atoms with Crippen LogP contribution in [0.15, 0.2) is 76.0 Å². The SMILES string of the molecule is COc1ccc(CNC(=O)C2=Cc3c(n(C)c(=O)n(Cc4ccc(C#N)cc4)c3=O)NC=C2)cc1. The highest BCUT2D eigenvalue weighted by atomic mass is 16.5. The van der Waals surface area contributed by atoms with Gasteiger partial charge in [0.25, 0.3) is 11.5 Å². The van der Waals surface area contributed by atoms with Gasteiger partial charge in [0.1, 0.15) is 11.6 Å². The third-order valence-electron chi connectivity index (χ3n) is 5.66. The van der Waals surface area contributed by atoms with E-state index in [2.05, 4.69) is 10.6 Å². The predicted molar refractivity (Wildman–Crippen MR) is 132 cm³/mol. The summed E-state index contributed by atoms with van der Waals surface area (Å²) >= 11 is 0. The number of amides is 1. The molecule has 0 fully saturated rings. The number of hydrogen-bond donors (Lipinski definition) is 2. The lowest BCUT2D eigenvalue weighted by molar-refractivity contribution is -0.117. The van der Waals surface area contributed by atoms with Crippen LogP contribution >= 0.6 is 0 Å². The molecule has 0 spiro atoms. The summed E-state index contributed by atoms with van der Waals surface area (Å²) in [5.41, 5.74) is 1.52. The minimum Gasteiger partial charge on any atom is -0.497 e. The van der Waals surface area contributed by atoms with Gasteiger partial charge in [-0.05, 0) is 47.5 Å². The van der Waals surface area contributed by atoms with Gasteiger partial charge in [-0.3, -0.25) is 18.7 Å². The minimum absolute atomic E-state index is 0.0325. The van der Waals surface area contributed by atoms with Crippen LogP contribution in [-0.2, 0) is 24.9 Å². The molecule has 3 aromatic rings. The Hall–Kier alpha value is -4.84. The van der Waals surface area contributed by atoms with Crippen molar-refractivity contribution in [2.45, 2.75) is 13.1 Å². The summed E-state index contributed by atoms with van der Waals surface area (Å²) < 4.78 is 7.58. The zero-order valence-corrected chi connectivity index (χ0v) is 19.2. The molecule has 35 heavy (non-hydrogen) atoms. The van der Waals surface area contributed by atoms with E-state index >= 15 is 0 Å². The third-order valence-corrected chi connectivity index (χ3v) is 5.66. The number of nitrogens with zero attached hydrogens (tertiary/aromatic N) is 3. The van der Waals surface area contributed by atoms with Crippen molar-refractivity contribution in [2.24, 2.45) is 7.05 Å². The van der Waals surface area contributed by atoms with E-state index in [0.29, 0.717) is 23.5 Å². The molecule has 176 valence electrons. The van der Waals surface area contributed by atoms with Crippen LogP contribution in [-0.4, -0.2) is 22.2 Å². The molecule has 2 N–H and O–H groups in total. The summed E-state index contributed by atoms with van der Waals surface area (Å²) in [6, 6.07) is 16.0. The standard InChI is InChI=1S/C26H23N5O4/c1-30-23-22(25(33)31(26(30)34)16-19-5-3-17(14-27)4-6-19)13-20(11-12-28-23)24(32)29-15-18-7-9-21(35-2)10-8-18/h3-13,28H,15-16H2,1-2H3,(H,29,32). The Morgan fingerprint density at radius 1 is 1.09 bits per heavy atom. The average molecular weight is 470 g/mol. The number of nitrogens with one attached hydrogen (secondary N) is 2. The quantitative estimate of drug-likeness (QED) is 0.571. The molecule has 0 saturated carbocycles. The number of hydrogen-bond acceptors (Lipinski definition) is 6. The number of nitriles is 1. The molecule has 0 radical (unpaired) electrons. The molecule has 2 heterocycles. The second-order valence-corrected chi connectivity index (χ2v) is 7.91. The second kappa shape index (κ2) is 9.97. The fraction of sp³-hybridized carbons (Fsp3) is 0.154. The van der Waals surface area contributed by atoms with Crippen molar-refractivity contribution in [1.82, 2.24) is 14.5 Å². The van der Waals surface area contributed by atoms with Crippen LogP contribution in [0.25, 0.3) is 6.08 Å². The van der Waals surface area contributed by atoms with Crippen LogP contribution < -0.4 is 26.6 Å². The van der Waals surface area contributed by atoms with Gasteiger partial charge in [0.2, 0.25) is 0 Å². The van der Waals surface area contributed by atoms with Gasteiger partial charge in [-0.25, -0.2) is 4.79 Å². The monoisotopic (exact) mass is 469 g/mol. The van der Waals surface area contributed by atoms with E-state index < -0.39 is 11.2 Å². The number of carbonyl (C=O) groups is 1. The average Bonchev–Trinajstić information content (AvgIpc) is 3.13. The number of fused-ring (bicyclic) bond motifs is 1. The smallest absolute Gasteiger partial charge is 0.332 e. The summed E-state index contributed by atoms with van der Waals surface area (Å²) in [6.45, 7) is 0.329. The first-order valence-electron chi connectivity index (χ1n) is 10.8. The molecule has 9 heteroatoms. The topological polar surface area (TPSA) is 118 Å². The zero-order chi connectivity index (χ0) is 24.9. The van der Waals surface area contributed by atoms with Crippen LogP contribution in [0, 0.1) is 11.3 Å². The van der Waals surface area contributed by atoms with Crippen molar-refractivity contribution >= 4 is 17.8 Å². The van der Waals surface area contributed by atoms with Crippen LogP contribution in [0.5, 0.6) is 5.75 Å². The van der Waals surface area contributed by atoms with Crippen LogP contribution in [0.4, 0.5) is 5.82 Å². The Morgan fingerprint density at radius 2 is 1.77 bits per heavy atom. The lowest BCUT2D eigenvalue weighted by Gasteiger charge is -2.14.